The van der Waals surface area contributed by atoms with Crippen LogP contribution in [0.1, 0.15) is 25.0 Å². The molecule has 0 saturated carbocycles. The molecule has 1 fully saturated rings. The molecule has 0 bridgehead atoms. The summed E-state index contributed by atoms with van der Waals surface area (Å²) in [5.74, 6) is 0.640. The second-order valence-electron chi connectivity index (χ2n) is 4.16. The minimum Gasteiger partial charge on any atom is -0.390 e. The molecule has 2 rings (SSSR count). The van der Waals surface area contributed by atoms with E-state index in [1.54, 1.807) is 0 Å². The van der Waals surface area contributed by atoms with Gasteiger partial charge in [-0.1, -0.05) is 11.6 Å². The molecule has 1 aromatic rings. The van der Waals surface area contributed by atoms with Gasteiger partial charge in [-0.2, -0.15) is 0 Å². The highest BCUT2D eigenvalue weighted by Crippen LogP contribution is 2.13. The lowest BCUT2D eigenvalue weighted by atomic mass is 10.0. The third-order valence-corrected chi connectivity index (χ3v) is 2.84. The number of hydrogen-bond donors (Lipinski definition) is 2. The summed E-state index contributed by atoms with van der Waals surface area (Å²) >= 11 is 0. The monoisotopic (exact) mass is 210 g/mol. The predicted octanol–water partition coefficient (Wildman–Crippen LogP) is 0.160. The summed E-state index contributed by atoms with van der Waals surface area (Å²) in [6, 6.07) is 0. The Morgan fingerprint density at radius 1 is 1.53 bits per heavy atom. The molecule has 1 atom stereocenters. The number of aliphatic hydroxyl groups excluding tert-OH is 1. The Hall–Kier alpha value is -0.940. The van der Waals surface area contributed by atoms with Crippen LogP contribution >= 0.6 is 0 Å². The summed E-state index contributed by atoms with van der Waals surface area (Å²) in [5, 5.41) is 20.2. The number of aromatic nitrogens is 3. The van der Waals surface area contributed by atoms with Gasteiger partial charge in [-0.15, -0.1) is 5.10 Å². The van der Waals surface area contributed by atoms with Gasteiger partial charge in [-0.05, 0) is 31.8 Å². The van der Waals surface area contributed by atoms with E-state index in [-0.39, 0.29) is 6.61 Å². The Morgan fingerprint density at radius 2 is 2.47 bits per heavy atom. The van der Waals surface area contributed by atoms with Gasteiger partial charge in [0.2, 0.25) is 0 Å². The highest BCUT2D eigenvalue weighted by Gasteiger charge is 2.13. The fourth-order valence-electron chi connectivity index (χ4n) is 2.01. The number of aliphatic hydroxyl groups is 1. The molecule has 1 aliphatic rings. The van der Waals surface area contributed by atoms with E-state index in [0.29, 0.717) is 11.6 Å². The van der Waals surface area contributed by atoms with Crippen molar-refractivity contribution in [3.63, 3.8) is 0 Å². The Bertz CT molecular complexity index is 291. The van der Waals surface area contributed by atoms with E-state index in [1.807, 2.05) is 10.9 Å². The maximum Gasteiger partial charge on any atom is 0.108 e. The molecule has 5 nitrogen and oxygen atoms in total. The van der Waals surface area contributed by atoms with Crippen LogP contribution in [0, 0.1) is 5.92 Å². The molecule has 2 heterocycles. The number of rotatable bonds is 3. The zero-order valence-electron chi connectivity index (χ0n) is 8.89. The standard InChI is InChI=1S/C10H18N4O/c15-8-10-7-14(13-12-10)6-9-3-1-2-4-11-5-9/h7,9,11,15H,1-6,8H2. The largest absolute Gasteiger partial charge is 0.390 e. The first-order valence-corrected chi connectivity index (χ1v) is 5.59. The van der Waals surface area contributed by atoms with Crippen molar-refractivity contribution >= 4 is 0 Å². The third kappa shape index (κ3) is 3.00. The van der Waals surface area contributed by atoms with E-state index in [9.17, 15) is 0 Å². The minimum absolute atomic E-state index is 0.0249. The number of hydrogen-bond acceptors (Lipinski definition) is 4. The van der Waals surface area contributed by atoms with Crippen molar-refractivity contribution in [3.05, 3.63) is 11.9 Å². The van der Waals surface area contributed by atoms with Gasteiger partial charge in [0.15, 0.2) is 0 Å². The normalized spacial score (nSPS) is 22.6. The van der Waals surface area contributed by atoms with E-state index < -0.39 is 0 Å². The Labute approximate surface area is 89.5 Å². The Kier molecular flexibility index (Phi) is 3.69. The Balaban J connectivity index is 1.89. The zero-order chi connectivity index (χ0) is 10.5. The first kappa shape index (κ1) is 10.6. The number of nitrogens with zero attached hydrogens (tertiary/aromatic N) is 3. The Morgan fingerprint density at radius 3 is 3.27 bits per heavy atom. The third-order valence-electron chi connectivity index (χ3n) is 2.84. The molecule has 1 unspecified atom stereocenters. The topological polar surface area (TPSA) is 63.0 Å². The number of nitrogens with one attached hydrogen (secondary N) is 1. The van der Waals surface area contributed by atoms with Crippen LogP contribution in [0.2, 0.25) is 0 Å². The quantitative estimate of drug-likeness (QED) is 0.746. The zero-order valence-corrected chi connectivity index (χ0v) is 8.89. The fourth-order valence-corrected chi connectivity index (χ4v) is 2.01. The molecule has 84 valence electrons. The van der Waals surface area contributed by atoms with E-state index >= 15 is 0 Å². The molecule has 1 aliphatic heterocycles. The predicted molar refractivity (Wildman–Crippen MR) is 56.2 cm³/mol. The fraction of sp³-hybridized carbons (Fsp3) is 0.800. The first-order chi connectivity index (χ1) is 7.38. The summed E-state index contributed by atoms with van der Waals surface area (Å²) in [6.45, 7) is 3.08. The maximum atomic E-state index is 8.87. The van der Waals surface area contributed by atoms with E-state index in [4.69, 9.17) is 5.11 Å². The summed E-state index contributed by atoms with van der Waals surface area (Å²) in [6.07, 6.45) is 5.64. The van der Waals surface area contributed by atoms with Gasteiger partial charge in [0, 0.05) is 6.54 Å². The molecule has 0 spiro atoms. The van der Waals surface area contributed by atoms with Gasteiger partial charge in [0.1, 0.15) is 5.69 Å². The van der Waals surface area contributed by atoms with Gasteiger partial charge in [-0.3, -0.25) is 4.68 Å². The average Bonchev–Trinajstić information content (AvgIpc) is 2.54. The molecule has 1 aromatic heterocycles. The van der Waals surface area contributed by atoms with Crippen molar-refractivity contribution in [2.75, 3.05) is 13.1 Å². The first-order valence-electron chi connectivity index (χ1n) is 5.59. The van der Waals surface area contributed by atoms with Gasteiger partial charge in [-0.25, -0.2) is 0 Å². The molecule has 15 heavy (non-hydrogen) atoms. The van der Waals surface area contributed by atoms with Crippen molar-refractivity contribution < 1.29 is 5.11 Å². The van der Waals surface area contributed by atoms with E-state index in [2.05, 4.69) is 15.6 Å². The summed E-state index contributed by atoms with van der Waals surface area (Å²) in [4.78, 5) is 0. The smallest absolute Gasteiger partial charge is 0.108 e. The SMILES string of the molecule is OCc1cn(CC2CCCCNC2)nn1. The van der Waals surface area contributed by atoms with Crippen LogP contribution in [-0.2, 0) is 13.2 Å². The molecule has 1 saturated heterocycles. The lowest BCUT2D eigenvalue weighted by Crippen LogP contribution is -2.24. The average molecular weight is 210 g/mol. The van der Waals surface area contributed by atoms with Gasteiger partial charge >= 0.3 is 0 Å². The minimum atomic E-state index is -0.0249. The molecule has 5 heteroatoms. The highest BCUT2D eigenvalue weighted by molar-refractivity contribution is 4.89. The molecule has 0 aliphatic carbocycles. The highest BCUT2D eigenvalue weighted by atomic mass is 16.3. The van der Waals surface area contributed by atoms with Crippen LogP contribution in [0.4, 0.5) is 0 Å². The second-order valence-corrected chi connectivity index (χ2v) is 4.16. The second kappa shape index (κ2) is 5.23. The summed E-state index contributed by atoms with van der Waals surface area (Å²) in [7, 11) is 0. The molecule has 0 amide bonds. The van der Waals surface area contributed by atoms with Crippen LogP contribution in [-0.4, -0.2) is 33.2 Å². The molecule has 0 aromatic carbocycles. The van der Waals surface area contributed by atoms with Crippen molar-refractivity contribution in [2.24, 2.45) is 5.92 Å². The maximum absolute atomic E-state index is 8.87. The van der Waals surface area contributed by atoms with Gasteiger partial charge in [0.25, 0.3) is 0 Å². The van der Waals surface area contributed by atoms with Crippen molar-refractivity contribution in [3.8, 4) is 0 Å². The van der Waals surface area contributed by atoms with Crippen LogP contribution in [0.15, 0.2) is 6.20 Å². The van der Waals surface area contributed by atoms with Gasteiger partial charge < -0.3 is 10.4 Å². The van der Waals surface area contributed by atoms with E-state index in [1.165, 1.54) is 19.3 Å². The molecular formula is C10H18N4O. The van der Waals surface area contributed by atoms with Crippen LogP contribution in [0.3, 0.4) is 0 Å². The summed E-state index contributed by atoms with van der Waals surface area (Å²) in [5.41, 5.74) is 0.650. The lowest BCUT2D eigenvalue weighted by molar-refractivity contribution is 0.276. The van der Waals surface area contributed by atoms with Crippen LogP contribution in [0.25, 0.3) is 0 Å². The molecule has 2 N–H and O–H groups in total. The van der Waals surface area contributed by atoms with Crippen molar-refractivity contribution in [2.45, 2.75) is 32.4 Å². The van der Waals surface area contributed by atoms with Crippen molar-refractivity contribution in [1.82, 2.24) is 20.3 Å². The van der Waals surface area contributed by atoms with Gasteiger partial charge in [0.05, 0.1) is 12.8 Å². The molecular weight excluding hydrogens is 192 g/mol. The van der Waals surface area contributed by atoms with E-state index in [0.717, 1.165) is 19.6 Å². The molecule has 0 radical (unpaired) electrons. The summed E-state index contributed by atoms with van der Waals surface area (Å²) < 4.78 is 1.84. The van der Waals surface area contributed by atoms with Crippen LogP contribution < -0.4 is 5.32 Å². The lowest BCUT2D eigenvalue weighted by Gasteiger charge is -2.13. The van der Waals surface area contributed by atoms with Crippen LogP contribution in [0.5, 0.6) is 0 Å². The van der Waals surface area contributed by atoms with Crippen molar-refractivity contribution in [1.29, 1.82) is 0 Å².